The quantitative estimate of drug-likeness (QED) is 0.840. The Bertz CT molecular complexity index is 444. The number of nitrogens with zero attached hydrogens (tertiary/aromatic N) is 1. The monoisotopic (exact) mass is 232 g/mol. The zero-order chi connectivity index (χ0) is 12.3. The molecule has 0 aromatic heterocycles. The summed E-state index contributed by atoms with van der Waals surface area (Å²) in [7, 11) is 0. The van der Waals surface area contributed by atoms with E-state index in [-0.39, 0.29) is 5.56 Å². The van der Waals surface area contributed by atoms with E-state index in [2.05, 4.69) is 12.2 Å². The minimum absolute atomic E-state index is 0.102. The summed E-state index contributed by atoms with van der Waals surface area (Å²) in [6, 6.07) is 6.52. The summed E-state index contributed by atoms with van der Waals surface area (Å²) in [6.07, 6.45) is 4.97. The second kappa shape index (κ2) is 4.75. The van der Waals surface area contributed by atoms with Crippen molar-refractivity contribution in [1.29, 1.82) is 5.26 Å². The van der Waals surface area contributed by atoms with Crippen LogP contribution < -0.4 is 5.32 Å². The van der Waals surface area contributed by atoms with Gasteiger partial charge in [-0.05, 0) is 42.9 Å². The third-order valence-electron chi connectivity index (χ3n) is 3.49. The van der Waals surface area contributed by atoms with Gasteiger partial charge in [-0.3, -0.25) is 0 Å². The van der Waals surface area contributed by atoms with Crippen LogP contribution in [-0.4, -0.2) is 6.54 Å². The molecule has 1 aliphatic rings. The summed E-state index contributed by atoms with van der Waals surface area (Å²) in [5.74, 6) is -0.446. The molecule has 0 spiro atoms. The smallest absolute Gasteiger partial charge is 0.143 e. The normalized spacial score (nSPS) is 16.3. The lowest BCUT2D eigenvalue weighted by molar-refractivity contribution is 0.485. The Balaban J connectivity index is 1.96. The second-order valence-corrected chi connectivity index (χ2v) is 4.91. The summed E-state index contributed by atoms with van der Waals surface area (Å²) in [5, 5.41) is 11.9. The SMILES string of the molecule is CCCC1(CNc2ccc(C#N)c(F)c2)CC1. The van der Waals surface area contributed by atoms with Gasteiger partial charge in [-0.25, -0.2) is 4.39 Å². The van der Waals surface area contributed by atoms with Crippen molar-refractivity contribution in [3.05, 3.63) is 29.6 Å². The first-order chi connectivity index (χ1) is 8.19. The Morgan fingerprint density at radius 3 is 2.76 bits per heavy atom. The summed E-state index contributed by atoms with van der Waals surface area (Å²) in [4.78, 5) is 0. The molecule has 2 nitrogen and oxygen atoms in total. The van der Waals surface area contributed by atoms with Crippen LogP contribution in [0.2, 0.25) is 0 Å². The van der Waals surface area contributed by atoms with Gasteiger partial charge in [0.25, 0.3) is 0 Å². The highest BCUT2D eigenvalue weighted by Crippen LogP contribution is 2.49. The molecule has 0 bridgehead atoms. The van der Waals surface area contributed by atoms with Crippen molar-refractivity contribution in [3.63, 3.8) is 0 Å². The van der Waals surface area contributed by atoms with Gasteiger partial charge >= 0.3 is 0 Å². The minimum Gasteiger partial charge on any atom is -0.384 e. The topological polar surface area (TPSA) is 35.8 Å². The lowest BCUT2D eigenvalue weighted by atomic mass is 10.0. The molecule has 1 saturated carbocycles. The lowest BCUT2D eigenvalue weighted by Crippen LogP contribution is -2.15. The van der Waals surface area contributed by atoms with Gasteiger partial charge in [-0.15, -0.1) is 0 Å². The standard InChI is InChI=1S/C14H17FN2/c1-2-5-14(6-7-14)10-17-12-4-3-11(9-16)13(15)8-12/h3-4,8,17H,2,5-7,10H2,1H3. The van der Waals surface area contributed by atoms with Crippen LogP contribution in [-0.2, 0) is 0 Å². The number of rotatable bonds is 5. The molecule has 1 aromatic carbocycles. The molecule has 1 aromatic rings. The highest BCUT2D eigenvalue weighted by Gasteiger charge is 2.40. The molecule has 0 heterocycles. The highest BCUT2D eigenvalue weighted by molar-refractivity contribution is 5.48. The number of nitrogens with one attached hydrogen (secondary N) is 1. The average molecular weight is 232 g/mol. The van der Waals surface area contributed by atoms with Crippen molar-refractivity contribution in [2.24, 2.45) is 5.41 Å². The predicted octanol–water partition coefficient (Wildman–Crippen LogP) is 3.69. The van der Waals surface area contributed by atoms with Gasteiger partial charge in [0.05, 0.1) is 5.56 Å². The summed E-state index contributed by atoms with van der Waals surface area (Å²) in [6.45, 7) is 3.10. The number of anilines is 1. The molecular weight excluding hydrogens is 215 g/mol. The zero-order valence-electron chi connectivity index (χ0n) is 10.1. The van der Waals surface area contributed by atoms with Crippen molar-refractivity contribution in [3.8, 4) is 6.07 Å². The van der Waals surface area contributed by atoms with Crippen LogP contribution in [0.15, 0.2) is 18.2 Å². The third-order valence-corrected chi connectivity index (χ3v) is 3.49. The van der Waals surface area contributed by atoms with E-state index in [0.29, 0.717) is 5.41 Å². The molecule has 2 rings (SSSR count). The van der Waals surface area contributed by atoms with E-state index in [9.17, 15) is 4.39 Å². The van der Waals surface area contributed by atoms with Crippen LogP contribution in [0.5, 0.6) is 0 Å². The van der Waals surface area contributed by atoms with Crippen molar-refractivity contribution < 1.29 is 4.39 Å². The number of hydrogen-bond donors (Lipinski definition) is 1. The largest absolute Gasteiger partial charge is 0.384 e. The maximum Gasteiger partial charge on any atom is 0.143 e. The number of nitriles is 1. The van der Waals surface area contributed by atoms with Crippen LogP contribution in [0, 0.1) is 22.6 Å². The Hall–Kier alpha value is -1.56. The van der Waals surface area contributed by atoms with E-state index in [1.807, 2.05) is 6.07 Å². The maximum absolute atomic E-state index is 13.4. The first kappa shape index (κ1) is 11.9. The summed E-state index contributed by atoms with van der Waals surface area (Å²) in [5.41, 5.74) is 1.31. The zero-order valence-corrected chi connectivity index (χ0v) is 10.1. The van der Waals surface area contributed by atoms with Crippen LogP contribution in [0.25, 0.3) is 0 Å². The van der Waals surface area contributed by atoms with Crippen molar-refractivity contribution >= 4 is 5.69 Å². The van der Waals surface area contributed by atoms with E-state index >= 15 is 0 Å². The molecule has 1 aliphatic carbocycles. The molecule has 0 unspecified atom stereocenters. The van der Waals surface area contributed by atoms with Crippen LogP contribution in [0.3, 0.4) is 0 Å². The average Bonchev–Trinajstić information content (AvgIpc) is 3.08. The number of hydrogen-bond acceptors (Lipinski definition) is 2. The molecule has 0 saturated heterocycles. The van der Waals surface area contributed by atoms with E-state index in [0.717, 1.165) is 12.2 Å². The van der Waals surface area contributed by atoms with Gasteiger partial charge in [-0.2, -0.15) is 5.26 Å². The lowest BCUT2D eigenvalue weighted by Gasteiger charge is -2.15. The fourth-order valence-corrected chi connectivity index (χ4v) is 2.23. The van der Waals surface area contributed by atoms with Crippen molar-refractivity contribution in [2.45, 2.75) is 32.6 Å². The fourth-order valence-electron chi connectivity index (χ4n) is 2.23. The van der Waals surface area contributed by atoms with Crippen molar-refractivity contribution in [2.75, 3.05) is 11.9 Å². The Morgan fingerprint density at radius 2 is 2.24 bits per heavy atom. The number of halogens is 1. The van der Waals surface area contributed by atoms with Gasteiger partial charge in [0.15, 0.2) is 0 Å². The molecule has 0 radical (unpaired) electrons. The molecule has 1 N–H and O–H groups in total. The van der Waals surface area contributed by atoms with E-state index < -0.39 is 5.82 Å². The molecule has 90 valence electrons. The first-order valence-electron chi connectivity index (χ1n) is 6.13. The Kier molecular flexibility index (Phi) is 3.33. The van der Waals surface area contributed by atoms with E-state index in [1.54, 1.807) is 6.07 Å². The molecule has 0 atom stereocenters. The van der Waals surface area contributed by atoms with Crippen molar-refractivity contribution in [1.82, 2.24) is 0 Å². The molecule has 3 heteroatoms. The van der Waals surface area contributed by atoms with Gasteiger partial charge in [0.2, 0.25) is 0 Å². The Labute approximate surface area is 101 Å². The minimum atomic E-state index is -0.446. The van der Waals surface area contributed by atoms with Crippen LogP contribution in [0.1, 0.15) is 38.2 Å². The third kappa shape index (κ3) is 2.76. The van der Waals surface area contributed by atoms with E-state index in [1.165, 1.54) is 37.8 Å². The predicted molar refractivity (Wildman–Crippen MR) is 66.2 cm³/mol. The molecular formula is C14H17FN2. The first-order valence-corrected chi connectivity index (χ1v) is 6.13. The summed E-state index contributed by atoms with van der Waals surface area (Å²) < 4.78 is 13.4. The van der Waals surface area contributed by atoms with Crippen LogP contribution in [0.4, 0.5) is 10.1 Å². The summed E-state index contributed by atoms with van der Waals surface area (Å²) >= 11 is 0. The molecule has 17 heavy (non-hydrogen) atoms. The van der Waals surface area contributed by atoms with Gasteiger partial charge in [0, 0.05) is 12.2 Å². The maximum atomic E-state index is 13.4. The van der Waals surface area contributed by atoms with Gasteiger partial charge in [-0.1, -0.05) is 13.3 Å². The highest BCUT2D eigenvalue weighted by atomic mass is 19.1. The molecule has 0 amide bonds. The molecule has 1 fully saturated rings. The van der Waals surface area contributed by atoms with Gasteiger partial charge in [0.1, 0.15) is 11.9 Å². The van der Waals surface area contributed by atoms with E-state index in [4.69, 9.17) is 5.26 Å². The number of benzene rings is 1. The Morgan fingerprint density at radius 1 is 1.47 bits per heavy atom. The van der Waals surface area contributed by atoms with Gasteiger partial charge < -0.3 is 5.32 Å². The van der Waals surface area contributed by atoms with Crippen LogP contribution >= 0.6 is 0 Å². The molecule has 0 aliphatic heterocycles. The fraction of sp³-hybridized carbons (Fsp3) is 0.500. The second-order valence-electron chi connectivity index (χ2n) is 4.91.